The Kier molecular flexibility index (Phi) is 5.94. The summed E-state index contributed by atoms with van der Waals surface area (Å²) in [5.41, 5.74) is 1.08. The Morgan fingerprint density at radius 3 is 2.71 bits per heavy atom. The number of hydrogen-bond donors (Lipinski definition) is 0. The molecule has 0 heterocycles. The topological polar surface area (TPSA) is 49.4 Å². The Balaban J connectivity index is 0.00000169. The van der Waals surface area contributed by atoms with E-state index in [2.05, 4.69) is 15.9 Å². The van der Waals surface area contributed by atoms with Crippen molar-refractivity contribution in [3.63, 3.8) is 0 Å². The van der Waals surface area contributed by atoms with Crippen LogP contribution in [-0.4, -0.2) is 12.6 Å². The third-order valence-electron chi connectivity index (χ3n) is 1.43. The summed E-state index contributed by atoms with van der Waals surface area (Å²) in [5.74, 6) is -0.720. The van der Waals surface area contributed by atoms with E-state index in [1.54, 1.807) is 6.07 Å². The number of ether oxygens (including phenoxy) is 1. The molecule has 0 radical (unpaired) electrons. The van der Waals surface area contributed by atoms with Crippen molar-refractivity contribution in [1.29, 1.82) is 0 Å². The SMILES string of the molecule is Cc1ccc(OCC(=O)[O-])c(Br)c1.[Li+]. The number of carbonyl (C=O) groups is 1. The fraction of sp³-hybridized carbons (Fsp3) is 0.222. The van der Waals surface area contributed by atoms with Gasteiger partial charge in [-0.2, -0.15) is 0 Å². The van der Waals surface area contributed by atoms with Gasteiger partial charge in [-0.05, 0) is 40.5 Å². The summed E-state index contributed by atoms with van der Waals surface area (Å²) in [5, 5.41) is 10.1. The van der Waals surface area contributed by atoms with Gasteiger partial charge in [-0.15, -0.1) is 0 Å². The summed E-state index contributed by atoms with van der Waals surface area (Å²) in [6.45, 7) is 1.51. The van der Waals surface area contributed by atoms with E-state index in [1.165, 1.54) is 0 Å². The first kappa shape index (κ1) is 13.6. The fourth-order valence-electron chi connectivity index (χ4n) is 0.860. The molecule has 0 aliphatic heterocycles. The summed E-state index contributed by atoms with van der Waals surface area (Å²) < 4.78 is 5.69. The Bertz CT molecular complexity index is 328. The van der Waals surface area contributed by atoms with Crippen molar-refractivity contribution in [3.05, 3.63) is 28.2 Å². The summed E-state index contributed by atoms with van der Waals surface area (Å²) in [7, 11) is 0. The molecule has 0 amide bonds. The number of aryl methyl sites for hydroxylation is 1. The van der Waals surface area contributed by atoms with Crippen molar-refractivity contribution in [2.45, 2.75) is 6.92 Å². The van der Waals surface area contributed by atoms with Crippen LogP contribution in [0.1, 0.15) is 5.56 Å². The van der Waals surface area contributed by atoms with Crippen molar-refractivity contribution < 1.29 is 33.5 Å². The number of carboxylic acid groups (broad SMARTS) is 1. The van der Waals surface area contributed by atoms with Crippen LogP contribution in [0.4, 0.5) is 0 Å². The van der Waals surface area contributed by atoms with Gasteiger partial charge in [0.25, 0.3) is 0 Å². The van der Waals surface area contributed by atoms with Crippen molar-refractivity contribution in [2.75, 3.05) is 6.61 Å². The third-order valence-corrected chi connectivity index (χ3v) is 2.05. The number of benzene rings is 1. The van der Waals surface area contributed by atoms with Gasteiger partial charge in [0.15, 0.2) is 0 Å². The summed E-state index contributed by atoms with van der Waals surface area (Å²) >= 11 is 3.26. The van der Waals surface area contributed by atoms with E-state index in [0.717, 1.165) is 10.0 Å². The minimum Gasteiger partial charge on any atom is -0.546 e. The average molecular weight is 251 g/mol. The molecule has 1 aromatic rings. The van der Waals surface area contributed by atoms with Gasteiger partial charge in [-0.3, -0.25) is 0 Å². The summed E-state index contributed by atoms with van der Waals surface area (Å²) in [4.78, 5) is 10.1. The zero-order chi connectivity index (χ0) is 9.84. The Morgan fingerprint density at radius 2 is 2.21 bits per heavy atom. The van der Waals surface area contributed by atoms with E-state index in [9.17, 15) is 9.90 Å². The average Bonchev–Trinajstić information content (AvgIpc) is 2.02. The second-order valence-electron chi connectivity index (χ2n) is 2.59. The van der Waals surface area contributed by atoms with E-state index in [1.807, 2.05) is 19.1 Å². The smallest absolute Gasteiger partial charge is 0.546 e. The normalized spacial score (nSPS) is 9.00. The van der Waals surface area contributed by atoms with Crippen LogP contribution in [0.5, 0.6) is 5.75 Å². The van der Waals surface area contributed by atoms with Crippen LogP contribution < -0.4 is 28.7 Å². The quantitative estimate of drug-likeness (QED) is 0.578. The largest absolute Gasteiger partial charge is 1.00 e. The molecule has 0 aliphatic rings. The Labute approximate surface area is 103 Å². The van der Waals surface area contributed by atoms with Crippen LogP contribution in [0.15, 0.2) is 22.7 Å². The standard InChI is InChI=1S/C9H9BrO3.Li/c1-6-2-3-8(7(10)4-6)13-5-9(11)12;/h2-4H,5H2,1H3,(H,11,12);/q;+1/p-1. The molecule has 0 unspecified atom stereocenters. The molecule has 0 saturated heterocycles. The second kappa shape index (κ2) is 6.13. The molecular weight excluding hydrogens is 243 g/mol. The second-order valence-corrected chi connectivity index (χ2v) is 3.45. The Hall–Kier alpha value is -0.433. The maximum absolute atomic E-state index is 10.1. The maximum Gasteiger partial charge on any atom is 1.00 e. The zero-order valence-electron chi connectivity index (χ0n) is 8.04. The van der Waals surface area contributed by atoms with Crippen LogP contribution >= 0.6 is 15.9 Å². The third kappa shape index (κ3) is 4.19. The molecule has 5 heteroatoms. The molecule has 0 aromatic heterocycles. The molecule has 0 bridgehead atoms. The molecule has 1 aromatic carbocycles. The van der Waals surface area contributed by atoms with E-state index in [-0.39, 0.29) is 18.9 Å². The molecule has 0 spiro atoms. The monoisotopic (exact) mass is 250 g/mol. The van der Waals surface area contributed by atoms with E-state index >= 15 is 0 Å². The van der Waals surface area contributed by atoms with Crippen molar-refractivity contribution in [2.24, 2.45) is 0 Å². The molecular formula is C9H8BrLiO3. The van der Waals surface area contributed by atoms with Gasteiger partial charge in [-0.1, -0.05) is 6.07 Å². The van der Waals surface area contributed by atoms with Crippen molar-refractivity contribution in [3.8, 4) is 5.75 Å². The molecule has 0 atom stereocenters. The molecule has 70 valence electrons. The van der Waals surface area contributed by atoms with Gasteiger partial charge < -0.3 is 14.6 Å². The van der Waals surface area contributed by atoms with Crippen LogP contribution in [0, 0.1) is 6.92 Å². The summed E-state index contributed by atoms with van der Waals surface area (Å²) in [6.07, 6.45) is 0. The predicted octanol–water partition coefficient (Wildman–Crippen LogP) is -2.11. The zero-order valence-corrected chi connectivity index (χ0v) is 9.63. The Morgan fingerprint density at radius 1 is 1.57 bits per heavy atom. The number of carboxylic acids is 1. The number of hydrogen-bond acceptors (Lipinski definition) is 3. The molecule has 0 fully saturated rings. The van der Waals surface area contributed by atoms with Gasteiger partial charge in [0.05, 0.1) is 10.4 Å². The first-order valence-corrected chi connectivity index (χ1v) is 4.47. The van der Waals surface area contributed by atoms with Crippen LogP contribution in [-0.2, 0) is 4.79 Å². The number of aliphatic carboxylic acids is 1. The molecule has 14 heavy (non-hydrogen) atoms. The first-order valence-electron chi connectivity index (χ1n) is 3.68. The predicted molar refractivity (Wildman–Crippen MR) is 49.4 cm³/mol. The van der Waals surface area contributed by atoms with E-state index in [4.69, 9.17) is 4.74 Å². The van der Waals surface area contributed by atoms with Gasteiger partial charge in [0.2, 0.25) is 0 Å². The van der Waals surface area contributed by atoms with E-state index < -0.39 is 12.6 Å². The summed E-state index contributed by atoms with van der Waals surface area (Å²) in [6, 6.07) is 5.41. The molecule has 3 nitrogen and oxygen atoms in total. The molecule has 1 rings (SSSR count). The van der Waals surface area contributed by atoms with Gasteiger partial charge in [0, 0.05) is 0 Å². The number of halogens is 1. The van der Waals surface area contributed by atoms with Crippen LogP contribution in [0.25, 0.3) is 0 Å². The van der Waals surface area contributed by atoms with Gasteiger partial charge >= 0.3 is 18.9 Å². The van der Waals surface area contributed by atoms with Crippen LogP contribution in [0.3, 0.4) is 0 Å². The minimum absolute atomic E-state index is 0. The first-order chi connectivity index (χ1) is 6.09. The number of carbonyl (C=O) groups excluding carboxylic acids is 1. The molecule has 0 saturated carbocycles. The van der Waals surface area contributed by atoms with Gasteiger partial charge in [-0.25, -0.2) is 0 Å². The van der Waals surface area contributed by atoms with Crippen molar-refractivity contribution in [1.82, 2.24) is 0 Å². The maximum atomic E-state index is 10.1. The fourth-order valence-corrected chi connectivity index (χ4v) is 1.47. The van der Waals surface area contributed by atoms with Gasteiger partial charge in [0.1, 0.15) is 12.4 Å². The minimum atomic E-state index is -1.23. The van der Waals surface area contributed by atoms with Crippen molar-refractivity contribution >= 4 is 21.9 Å². The van der Waals surface area contributed by atoms with E-state index in [0.29, 0.717) is 5.75 Å². The molecule has 0 aliphatic carbocycles. The van der Waals surface area contributed by atoms with Crippen LogP contribution in [0.2, 0.25) is 0 Å². The molecule has 0 N–H and O–H groups in total. The number of rotatable bonds is 3.